The first kappa shape index (κ1) is 13.1. The molecule has 1 N–H and O–H groups in total. The first-order valence-electron chi connectivity index (χ1n) is 7.13. The van der Waals surface area contributed by atoms with Crippen LogP contribution in [-0.2, 0) is 13.1 Å². The van der Waals surface area contributed by atoms with Gasteiger partial charge in [-0.15, -0.1) is 0 Å². The summed E-state index contributed by atoms with van der Waals surface area (Å²) in [4.78, 5) is 4.20. The lowest BCUT2D eigenvalue weighted by Gasteiger charge is -2.06. The van der Waals surface area contributed by atoms with Crippen LogP contribution < -0.4 is 10.1 Å². The molecule has 0 bridgehead atoms. The molecule has 1 aliphatic carbocycles. The van der Waals surface area contributed by atoms with Crippen LogP contribution in [0.5, 0.6) is 5.88 Å². The topological polar surface area (TPSA) is 34.1 Å². The molecule has 1 fully saturated rings. The predicted molar refractivity (Wildman–Crippen MR) is 79.7 cm³/mol. The van der Waals surface area contributed by atoms with Crippen LogP contribution in [0, 0.1) is 0 Å². The number of ether oxygens (including phenoxy) is 1. The van der Waals surface area contributed by atoms with Crippen LogP contribution in [0.1, 0.15) is 35.4 Å². The van der Waals surface area contributed by atoms with E-state index in [2.05, 4.69) is 34.6 Å². The molecule has 0 saturated heterocycles. The molecular weight excluding hydrogens is 248 g/mol. The lowest BCUT2D eigenvalue weighted by molar-refractivity contribution is 0.397. The summed E-state index contributed by atoms with van der Waals surface area (Å²) in [6.07, 6.45) is 4.58. The molecule has 20 heavy (non-hydrogen) atoms. The van der Waals surface area contributed by atoms with Gasteiger partial charge in [0.15, 0.2) is 0 Å². The summed E-state index contributed by atoms with van der Waals surface area (Å²) in [6.45, 7) is 1.71. The van der Waals surface area contributed by atoms with E-state index in [0.29, 0.717) is 5.88 Å². The average Bonchev–Trinajstić information content (AvgIpc) is 3.33. The van der Waals surface area contributed by atoms with E-state index in [9.17, 15) is 0 Å². The molecule has 1 aromatic heterocycles. The molecule has 1 heterocycles. The number of benzene rings is 1. The highest BCUT2D eigenvalue weighted by Crippen LogP contribution is 2.39. The molecule has 2 aromatic rings. The second-order valence-electron chi connectivity index (χ2n) is 5.33. The summed E-state index contributed by atoms with van der Waals surface area (Å²) < 4.78 is 5.05. The highest BCUT2D eigenvalue weighted by Gasteiger charge is 2.22. The SMILES string of the molecule is COc1ccc(CNCc2ccc(C3CC3)cc2)cn1. The van der Waals surface area contributed by atoms with E-state index < -0.39 is 0 Å². The third-order valence-electron chi connectivity index (χ3n) is 3.69. The fraction of sp³-hybridized carbons (Fsp3) is 0.353. The van der Waals surface area contributed by atoms with Gasteiger partial charge in [-0.05, 0) is 35.4 Å². The van der Waals surface area contributed by atoms with Gasteiger partial charge in [0.2, 0.25) is 5.88 Å². The summed E-state index contributed by atoms with van der Waals surface area (Å²) in [5, 5.41) is 3.44. The molecule has 0 amide bonds. The molecule has 1 aromatic carbocycles. The van der Waals surface area contributed by atoms with Crippen molar-refractivity contribution in [3.05, 3.63) is 59.3 Å². The molecule has 0 radical (unpaired) electrons. The molecule has 3 nitrogen and oxygen atoms in total. The minimum atomic E-state index is 0.657. The number of aromatic nitrogens is 1. The van der Waals surface area contributed by atoms with Crippen LogP contribution in [-0.4, -0.2) is 12.1 Å². The van der Waals surface area contributed by atoms with Crippen molar-refractivity contribution in [2.24, 2.45) is 0 Å². The van der Waals surface area contributed by atoms with E-state index >= 15 is 0 Å². The number of pyridine rings is 1. The molecule has 0 spiro atoms. The molecule has 0 atom stereocenters. The van der Waals surface area contributed by atoms with Gasteiger partial charge in [-0.2, -0.15) is 0 Å². The Bertz CT molecular complexity index is 544. The van der Waals surface area contributed by atoms with Gasteiger partial charge < -0.3 is 10.1 Å². The van der Waals surface area contributed by atoms with Gasteiger partial charge in [0.25, 0.3) is 0 Å². The largest absolute Gasteiger partial charge is 0.481 e. The monoisotopic (exact) mass is 268 g/mol. The van der Waals surface area contributed by atoms with E-state index in [4.69, 9.17) is 4.74 Å². The summed E-state index contributed by atoms with van der Waals surface area (Å²) in [5.74, 6) is 1.49. The van der Waals surface area contributed by atoms with Crippen LogP contribution in [0.3, 0.4) is 0 Å². The van der Waals surface area contributed by atoms with Gasteiger partial charge in [0, 0.05) is 25.4 Å². The molecule has 1 saturated carbocycles. The first-order valence-corrected chi connectivity index (χ1v) is 7.13. The Morgan fingerprint density at radius 1 is 1.05 bits per heavy atom. The Labute approximate surface area is 120 Å². The Kier molecular flexibility index (Phi) is 3.97. The Morgan fingerprint density at radius 2 is 1.75 bits per heavy atom. The van der Waals surface area contributed by atoms with Crippen molar-refractivity contribution in [1.82, 2.24) is 10.3 Å². The van der Waals surface area contributed by atoms with Crippen molar-refractivity contribution in [1.29, 1.82) is 0 Å². The van der Waals surface area contributed by atoms with Gasteiger partial charge in [0.05, 0.1) is 7.11 Å². The van der Waals surface area contributed by atoms with Gasteiger partial charge in [0.1, 0.15) is 0 Å². The second kappa shape index (κ2) is 6.06. The maximum Gasteiger partial charge on any atom is 0.212 e. The Morgan fingerprint density at radius 3 is 2.35 bits per heavy atom. The first-order chi connectivity index (χ1) is 9.85. The van der Waals surface area contributed by atoms with E-state index in [1.807, 2.05) is 18.3 Å². The number of rotatable bonds is 6. The molecule has 104 valence electrons. The lowest BCUT2D eigenvalue weighted by Crippen LogP contribution is -2.12. The van der Waals surface area contributed by atoms with Gasteiger partial charge in [-0.3, -0.25) is 0 Å². The highest BCUT2D eigenvalue weighted by atomic mass is 16.5. The van der Waals surface area contributed by atoms with E-state index in [1.165, 1.54) is 29.5 Å². The molecule has 3 rings (SSSR count). The Balaban J connectivity index is 1.48. The standard InChI is InChI=1S/C17H20N2O/c1-20-17-9-4-14(12-19-17)11-18-10-13-2-5-15(6-3-13)16-7-8-16/h2-6,9,12,16,18H,7-8,10-11H2,1H3. The van der Waals surface area contributed by atoms with Crippen molar-refractivity contribution in [2.75, 3.05) is 7.11 Å². The zero-order valence-electron chi connectivity index (χ0n) is 11.8. The number of methoxy groups -OCH3 is 1. The highest BCUT2D eigenvalue weighted by molar-refractivity contribution is 5.28. The molecule has 1 aliphatic rings. The van der Waals surface area contributed by atoms with E-state index in [0.717, 1.165) is 19.0 Å². The van der Waals surface area contributed by atoms with Gasteiger partial charge >= 0.3 is 0 Å². The van der Waals surface area contributed by atoms with Gasteiger partial charge in [-0.1, -0.05) is 30.3 Å². The Hall–Kier alpha value is -1.87. The maximum atomic E-state index is 5.05. The van der Waals surface area contributed by atoms with Crippen LogP contribution >= 0.6 is 0 Å². The third kappa shape index (κ3) is 3.36. The smallest absolute Gasteiger partial charge is 0.212 e. The fourth-order valence-electron chi connectivity index (χ4n) is 2.31. The lowest BCUT2D eigenvalue weighted by atomic mass is 10.1. The summed E-state index contributed by atoms with van der Waals surface area (Å²) >= 11 is 0. The van der Waals surface area contributed by atoms with Crippen molar-refractivity contribution >= 4 is 0 Å². The van der Waals surface area contributed by atoms with Crippen LogP contribution in [0.2, 0.25) is 0 Å². The molecular formula is C17H20N2O. The van der Waals surface area contributed by atoms with Crippen LogP contribution in [0.25, 0.3) is 0 Å². The molecule has 0 unspecified atom stereocenters. The van der Waals surface area contributed by atoms with Crippen molar-refractivity contribution in [3.8, 4) is 5.88 Å². The normalized spacial score (nSPS) is 14.2. The maximum absolute atomic E-state index is 5.05. The van der Waals surface area contributed by atoms with Crippen LogP contribution in [0.15, 0.2) is 42.6 Å². The van der Waals surface area contributed by atoms with E-state index in [-0.39, 0.29) is 0 Å². The molecule has 0 aliphatic heterocycles. The second-order valence-corrected chi connectivity index (χ2v) is 5.33. The number of hydrogen-bond acceptors (Lipinski definition) is 3. The minimum absolute atomic E-state index is 0.657. The van der Waals surface area contributed by atoms with E-state index in [1.54, 1.807) is 7.11 Å². The predicted octanol–water partition coefficient (Wildman–Crippen LogP) is 3.26. The third-order valence-corrected chi connectivity index (χ3v) is 3.69. The fourth-order valence-corrected chi connectivity index (χ4v) is 2.31. The number of nitrogens with zero attached hydrogens (tertiary/aromatic N) is 1. The summed E-state index contributed by atoms with van der Waals surface area (Å²) in [5.41, 5.74) is 3.99. The van der Waals surface area contributed by atoms with Crippen molar-refractivity contribution < 1.29 is 4.74 Å². The van der Waals surface area contributed by atoms with Gasteiger partial charge in [-0.25, -0.2) is 4.98 Å². The van der Waals surface area contributed by atoms with Crippen molar-refractivity contribution in [3.63, 3.8) is 0 Å². The molecule has 3 heteroatoms. The van der Waals surface area contributed by atoms with Crippen LogP contribution in [0.4, 0.5) is 0 Å². The number of hydrogen-bond donors (Lipinski definition) is 1. The van der Waals surface area contributed by atoms with Crippen molar-refractivity contribution in [2.45, 2.75) is 31.8 Å². The summed E-state index contributed by atoms with van der Waals surface area (Å²) in [6, 6.07) is 12.9. The average molecular weight is 268 g/mol. The zero-order chi connectivity index (χ0) is 13.8. The number of nitrogens with one attached hydrogen (secondary N) is 1. The summed E-state index contributed by atoms with van der Waals surface area (Å²) in [7, 11) is 1.63. The minimum Gasteiger partial charge on any atom is -0.481 e. The quantitative estimate of drug-likeness (QED) is 0.873. The zero-order valence-corrected chi connectivity index (χ0v) is 11.8.